The van der Waals surface area contributed by atoms with Crippen LogP contribution in [0.3, 0.4) is 0 Å². The quantitative estimate of drug-likeness (QED) is 0.872. The molecule has 0 spiro atoms. The normalized spacial score (nSPS) is 13.1. The van der Waals surface area contributed by atoms with Gasteiger partial charge in [-0.05, 0) is 29.7 Å². The van der Waals surface area contributed by atoms with Gasteiger partial charge >= 0.3 is 5.97 Å². The standard InChI is InChI=1S/C14H21NO3S/c1-9-7-19-8-11(9)13(18)15-10(5-12(16)17)6-14(2,3)4/h7-8,10H,5-6H2,1-4H3,(H,15,18)(H,16,17). The van der Waals surface area contributed by atoms with Crippen LogP contribution in [0.4, 0.5) is 0 Å². The van der Waals surface area contributed by atoms with Crippen molar-refractivity contribution in [2.75, 3.05) is 0 Å². The summed E-state index contributed by atoms with van der Waals surface area (Å²) in [4.78, 5) is 23.0. The van der Waals surface area contributed by atoms with Gasteiger partial charge in [-0.15, -0.1) is 0 Å². The molecule has 4 nitrogen and oxygen atoms in total. The second-order valence-corrected chi connectivity index (χ2v) is 6.75. The molecule has 1 aromatic rings. The van der Waals surface area contributed by atoms with E-state index in [4.69, 9.17) is 5.11 Å². The van der Waals surface area contributed by atoms with E-state index in [0.29, 0.717) is 12.0 Å². The molecule has 0 saturated carbocycles. The SMILES string of the molecule is Cc1cscc1C(=O)NC(CC(=O)O)CC(C)(C)C. The summed E-state index contributed by atoms with van der Waals surface area (Å²) in [5.74, 6) is -1.08. The van der Waals surface area contributed by atoms with Crippen LogP contribution in [0.1, 0.15) is 49.5 Å². The molecule has 1 heterocycles. The number of carboxylic acid groups (broad SMARTS) is 1. The number of carboxylic acids is 1. The smallest absolute Gasteiger partial charge is 0.305 e. The van der Waals surface area contributed by atoms with E-state index in [9.17, 15) is 9.59 Å². The summed E-state index contributed by atoms with van der Waals surface area (Å²) in [6.07, 6.45) is 0.584. The van der Waals surface area contributed by atoms with Crippen LogP contribution in [-0.4, -0.2) is 23.0 Å². The minimum atomic E-state index is -0.892. The number of carbonyl (C=O) groups is 2. The zero-order valence-electron chi connectivity index (χ0n) is 11.8. The van der Waals surface area contributed by atoms with Gasteiger partial charge in [0.25, 0.3) is 5.91 Å². The van der Waals surface area contributed by atoms with Crippen molar-refractivity contribution >= 4 is 23.2 Å². The Morgan fingerprint density at radius 3 is 2.42 bits per heavy atom. The van der Waals surface area contributed by atoms with E-state index in [-0.39, 0.29) is 23.8 Å². The van der Waals surface area contributed by atoms with Crippen molar-refractivity contribution in [3.8, 4) is 0 Å². The number of hydrogen-bond acceptors (Lipinski definition) is 3. The van der Waals surface area contributed by atoms with E-state index in [0.717, 1.165) is 5.56 Å². The fourth-order valence-corrected chi connectivity index (χ4v) is 2.81. The second-order valence-electron chi connectivity index (χ2n) is 6.00. The molecule has 106 valence electrons. The Balaban J connectivity index is 2.74. The Bertz CT molecular complexity index is 460. The third-order valence-electron chi connectivity index (χ3n) is 2.72. The number of aryl methyl sites for hydroxylation is 1. The first-order chi connectivity index (χ1) is 8.69. The van der Waals surface area contributed by atoms with Crippen molar-refractivity contribution in [1.29, 1.82) is 0 Å². The lowest BCUT2D eigenvalue weighted by Gasteiger charge is -2.25. The van der Waals surface area contributed by atoms with E-state index in [1.807, 2.05) is 33.1 Å². The molecule has 0 aromatic carbocycles. The molecular formula is C14H21NO3S. The van der Waals surface area contributed by atoms with Crippen LogP contribution in [-0.2, 0) is 4.79 Å². The van der Waals surface area contributed by atoms with Gasteiger partial charge in [0.2, 0.25) is 0 Å². The molecule has 2 N–H and O–H groups in total. The topological polar surface area (TPSA) is 66.4 Å². The maximum absolute atomic E-state index is 12.1. The van der Waals surface area contributed by atoms with Gasteiger partial charge < -0.3 is 10.4 Å². The van der Waals surface area contributed by atoms with Crippen LogP contribution in [0, 0.1) is 12.3 Å². The van der Waals surface area contributed by atoms with E-state index in [2.05, 4.69) is 5.32 Å². The second kappa shape index (κ2) is 6.19. The van der Waals surface area contributed by atoms with Gasteiger partial charge in [-0.3, -0.25) is 9.59 Å². The number of aliphatic carboxylic acids is 1. The maximum Gasteiger partial charge on any atom is 0.305 e. The molecule has 0 aliphatic rings. The van der Waals surface area contributed by atoms with Crippen LogP contribution in [0.25, 0.3) is 0 Å². The summed E-state index contributed by atoms with van der Waals surface area (Å²) in [7, 11) is 0. The summed E-state index contributed by atoms with van der Waals surface area (Å²) in [5, 5.41) is 15.5. The summed E-state index contributed by atoms with van der Waals surface area (Å²) in [6, 6.07) is -0.343. The largest absolute Gasteiger partial charge is 0.481 e. The van der Waals surface area contributed by atoms with Gasteiger partial charge in [0.15, 0.2) is 0 Å². The van der Waals surface area contributed by atoms with Crippen molar-refractivity contribution in [3.63, 3.8) is 0 Å². The fraction of sp³-hybridized carbons (Fsp3) is 0.571. The molecular weight excluding hydrogens is 262 g/mol. The molecule has 0 aliphatic carbocycles. The highest BCUT2D eigenvalue weighted by Gasteiger charge is 2.23. The zero-order chi connectivity index (χ0) is 14.6. The molecule has 1 atom stereocenters. The highest BCUT2D eigenvalue weighted by Crippen LogP contribution is 2.23. The molecule has 1 amide bonds. The number of carbonyl (C=O) groups excluding carboxylic acids is 1. The van der Waals surface area contributed by atoms with Crippen LogP contribution in [0.5, 0.6) is 0 Å². The van der Waals surface area contributed by atoms with E-state index in [1.54, 1.807) is 5.38 Å². The van der Waals surface area contributed by atoms with E-state index in [1.165, 1.54) is 11.3 Å². The molecule has 0 aliphatic heterocycles. The number of nitrogens with one attached hydrogen (secondary N) is 1. The Morgan fingerprint density at radius 1 is 1.37 bits per heavy atom. The van der Waals surface area contributed by atoms with Gasteiger partial charge in [0, 0.05) is 11.4 Å². The number of hydrogen-bond donors (Lipinski definition) is 2. The average molecular weight is 283 g/mol. The van der Waals surface area contributed by atoms with Crippen molar-refractivity contribution < 1.29 is 14.7 Å². The number of thiophene rings is 1. The summed E-state index contributed by atoms with van der Waals surface area (Å²) in [5.41, 5.74) is 1.53. The average Bonchev–Trinajstić information content (AvgIpc) is 2.60. The molecule has 0 fully saturated rings. The third-order valence-corrected chi connectivity index (χ3v) is 3.58. The lowest BCUT2D eigenvalue weighted by atomic mass is 9.87. The third kappa shape index (κ3) is 5.42. The minimum absolute atomic E-state index is 0.0307. The molecule has 0 radical (unpaired) electrons. The van der Waals surface area contributed by atoms with Gasteiger partial charge in [-0.2, -0.15) is 11.3 Å². The Labute approximate surface area is 117 Å². The molecule has 1 unspecified atom stereocenters. The first-order valence-electron chi connectivity index (χ1n) is 6.24. The highest BCUT2D eigenvalue weighted by atomic mass is 32.1. The van der Waals surface area contributed by atoms with Gasteiger partial charge in [-0.25, -0.2) is 0 Å². The lowest BCUT2D eigenvalue weighted by molar-refractivity contribution is -0.137. The predicted molar refractivity (Wildman–Crippen MR) is 76.6 cm³/mol. The zero-order valence-corrected chi connectivity index (χ0v) is 12.6. The molecule has 5 heteroatoms. The van der Waals surface area contributed by atoms with Gasteiger partial charge in [-0.1, -0.05) is 20.8 Å². The summed E-state index contributed by atoms with van der Waals surface area (Å²) >= 11 is 1.47. The lowest BCUT2D eigenvalue weighted by Crippen LogP contribution is -2.39. The van der Waals surface area contributed by atoms with Gasteiger partial charge in [0.1, 0.15) is 0 Å². The monoisotopic (exact) mass is 283 g/mol. The van der Waals surface area contributed by atoms with Crippen molar-refractivity contribution in [3.05, 3.63) is 21.9 Å². The maximum atomic E-state index is 12.1. The molecule has 19 heavy (non-hydrogen) atoms. The van der Waals surface area contributed by atoms with Crippen molar-refractivity contribution in [2.45, 2.75) is 46.6 Å². The van der Waals surface area contributed by atoms with Gasteiger partial charge in [0.05, 0.1) is 12.0 Å². The van der Waals surface area contributed by atoms with Crippen LogP contribution in [0.2, 0.25) is 0 Å². The highest BCUT2D eigenvalue weighted by molar-refractivity contribution is 7.08. The predicted octanol–water partition coefficient (Wildman–Crippen LogP) is 3.07. The Hall–Kier alpha value is -1.36. The van der Waals surface area contributed by atoms with Crippen LogP contribution >= 0.6 is 11.3 Å². The Morgan fingerprint density at radius 2 is 2.00 bits per heavy atom. The minimum Gasteiger partial charge on any atom is -0.481 e. The van der Waals surface area contributed by atoms with Crippen LogP contribution < -0.4 is 5.32 Å². The fourth-order valence-electron chi connectivity index (χ4n) is 1.98. The Kier molecular flexibility index (Phi) is 5.11. The summed E-state index contributed by atoms with van der Waals surface area (Å²) in [6.45, 7) is 7.97. The molecule has 1 aromatic heterocycles. The molecule has 0 bridgehead atoms. The number of rotatable bonds is 5. The van der Waals surface area contributed by atoms with E-state index >= 15 is 0 Å². The van der Waals surface area contributed by atoms with Crippen LogP contribution in [0.15, 0.2) is 10.8 Å². The summed E-state index contributed by atoms with van der Waals surface area (Å²) < 4.78 is 0. The first-order valence-corrected chi connectivity index (χ1v) is 7.19. The van der Waals surface area contributed by atoms with E-state index < -0.39 is 5.97 Å². The first kappa shape index (κ1) is 15.7. The van der Waals surface area contributed by atoms with Crippen molar-refractivity contribution in [2.24, 2.45) is 5.41 Å². The van der Waals surface area contributed by atoms with Crippen molar-refractivity contribution in [1.82, 2.24) is 5.32 Å². The number of amides is 1. The molecule has 1 rings (SSSR count). The molecule has 0 saturated heterocycles.